The predicted molar refractivity (Wildman–Crippen MR) is 81.0 cm³/mol. The van der Waals surface area contributed by atoms with E-state index in [9.17, 15) is 4.79 Å². The zero-order chi connectivity index (χ0) is 14.4. The van der Waals surface area contributed by atoms with E-state index >= 15 is 0 Å². The molecule has 1 aromatic rings. The number of nitrogens with zero attached hydrogens (tertiary/aromatic N) is 2. The fourth-order valence-corrected chi connectivity index (χ4v) is 3.59. The van der Waals surface area contributed by atoms with Gasteiger partial charge in [0.2, 0.25) is 0 Å². The Balaban J connectivity index is 2.23. The van der Waals surface area contributed by atoms with Crippen LogP contribution in [0.15, 0.2) is 6.20 Å². The minimum atomic E-state index is -0.307. The summed E-state index contributed by atoms with van der Waals surface area (Å²) in [7, 11) is 0. The van der Waals surface area contributed by atoms with E-state index in [0.29, 0.717) is 17.4 Å². The van der Waals surface area contributed by atoms with Crippen molar-refractivity contribution >= 4 is 17.7 Å². The normalized spacial score (nSPS) is 18.8. The van der Waals surface area contributed by atoms with Gasteiger partial charge in [-0.3, -0.25) is 0 Å². The van der Waals surface area contributed by atoms with E-state index in [-0.39, 0.29) is 5.97 Å². The first-order chi connectivity index (χ1) is 9.76. The van der Waals surface area contributed by atoms with Crippen LogP contribution in [-0.4, -0.2) is 28.3 Å². The van der Waals surface area contributed by atoms with Crippen LogP contribution in [0.5, 0.6) is 0 Å². The van der Waals surface area contributed by atoms with E-state index in [0.717, 1.165) is 30.8 Å². The Morgan fingerprint density at radius 3 is 2.95 bits per heavy atom. The van der Waals surface area contributed by atoms with Gasteiger partial charge in [0.05, 0.1) is 23.1 Å². The van der Waals surface area contributed by atoms with Crippen LogP contribution in [0.3, 0.4) is 0 Å². The van der Waals surface area contributed by atoms with Crippen molar-refractivity contribution in [2.24, 2.45) is 0 Å². The molecule has 4 nitrogen and oxygen atoms in total. The molecule has 1 aromatic heterocycles. The molecule has 0 aliphatic carbocycles. The average molecular weight is 294 g/mol. The minimum absolute atomic E-state index is 0.307. The lowest BCUT2D eigenvalue weighted by atomic mass is 10.1. The van der Waals surface area contributed by atoms with Crippen LogP contribution < -0.4 is 0 Å². The summed E-state index contributed by atoms with van der Waals surface area (Å²) in [6.07, 6.45) is 7.06. The highest BCUT2D eigenvalue weighted by Gasteiger charge is 2.21. The second kappa shape index (κ2) is 7.62. The molecule has 1 fully saturated rings. The summed E-state index contributed by atoms with van der Waals surface area (Å²) in [5.74, 6) is 1.75. The fourth-order valence-electron chi connectivity index (χ4n) is 2.34. The molecular weight excluding hydrogens is 272 g/mol. The molecule has 1 aliphatic heterocycles. The Labute approximate surface area is 124 Å². The molecule has 0 bridgehead atoms. The Hall–Kier alpha value is -1.10. The molecule has 2 heterocycles. The highest BCUT2D eigenvalue weighted by Crippen LogP contribution is 2.36. The van der Waals surface area contributed by atoms with Crippen molar-refractivity contribution in [3.63, 3.8) is 0 Å². The lowest BCUT2D eigenvalue weighted by Crippen LogP contribution is -2.14. The number of ether oxygens (including phenoxy) is 1. The van der Waals surface area contributed by atoms with Crippen LogP contribution in [0.1, 0.15) is 66.7 Å². The molecule has 2 rings (SSSR count). The van der Waals surface area contributed by atoms with Crippen LogP contribution in [0.2, 0.25) is 0 Å². The van der Waals surface area contributed by atoms with Gasteiger partial charge in [-0.1, -0.05) is 19.8 Å². The van der Waals surface area contributed by atoms with Crippen molar-refractivity contribution in [3.05, 3.63) is 23.3 Å². The molecule has 0 amide bonds. The number of esters is 1. The van der Waals surface area contributed by atoms with E-state index in [1.165, 1.54) is 18.6 Å². The van der Waals surface area contributed by atoms with Gasteiger partial charge in [0, 0.05) is 6.20 Å². The van der Waals surface area contributed by atoms with E-state index in [2.05, 4.69) is 16.9 Å². The summed E-state index contributed by atoms with van der Waals surface area (Å²) in [4.78, 5) is 21.0. The van der Waals surface area contributed by atoms with E-state index < -0.39 is 0 Å². The number of aryl methyl sites for hydroxylation is 1. The van der Waals surface area contributed by atoms with Crippen molar-refractivity contribution in [3.8, 4) is 0 Å². The Kier molecular flexibility index (Phi) is 5.83. The summed E-state index contributed by atoms with van der Waals surface area (Å²) in [5, 5.41) is 0.385. The topological polar surface area (TPSA) is 52.1 Å². The van der Waals surface area contributed by atoms with Gasteiger partial charge in [0.1, 0.15) is 5.82 Å². The number of rotatable bonds is 5. The van der Waals surface area contributed by atoms with E-state index in [4.69, 9.17) is 4.74 Å². The van der Waals surface area contributed by atoms with Gasteiger partial charge in [0.15, 0.2) is 0 Å². The van der Waals surface area contributed by atoms with Crippen LogP contribution in [0.25, 0.3) is 0 Å². The number of hydrogen-bond donors (Lipinski definition) is 0. The molecular formula is C15H22N2O2S. The van der Waals surface area contributed by atoms with Crippen molar-refractivity contribution in [1.29, 1.82) is 0 Å². The molecule has 1 saturated heterocycles. The first-order valence-corrected chi connectivity index (χ1v) is 8.45. The smallest absolute Gasteiger partial charge is 0.341 e. The third kappa shape index (κ3) is 3.72. The number of carbonyl (C=O) groups excluding carboxylic acids is 1. The molecule has 0 N–H and O–H groups in total. The first-order valence-electron chi connectivity index (χ1n) is 7.40. The zero-order valence-corrected chi connectivity index (χ0v) is 13.0. The number of carbonyl (C=O) groups is 1. The summed E-state index contributed by atoms with van der Waals surface area (Å²) < 4.78 is 5.08. The SMILES string of the molecule is CCCc1nc(C2CCCCS2)ncc1C(=O)OCC. The summed E-state index contributed by atoms with van der Waals surface area (Å²) in [6.45, 7) is 4.28. The quantitative estimate of drug-likeness (QED) is 0.777. The summed E-state index contributed by atoms with van der Waals surface area (Å²) >= 11 is 1.93. The van der Waals surface area contributed by atoms with Crippen molar-refractivity contribution in [2.75, 3.05) is 12.4 Å². The molecule has 0 saturated carbocycles. The molecule has 0 radical (unpaired) electrons. The monoisotopic (exact) mass is 294 g/mol. The number of hydrogen-bond acceptors (Lipinski definition) is 5. The maximum Gasteiger partial charge on any atom is 0.341 e. The zero-order valence-electron chi connectivity index (χ0n) is 12.2. The minimum Gasteiger partial charge on any atom is -0.462 e. The number of aromatic nitrogens is 2. The van der Waals surface area contributed by atoms with Crippen LogP contribution in [0.4, 0.5) is 0 Å². The molecule has 1 atom stereocenters. The van der Waals surface area contributed by atoms with Gasteiger partial charge in [-0.2, -0.15) is 11.8 Å². The highest BCUT2D eigenvalue weighted by molar-refractivity contribution is 7.99. The van der Waals surface area contributed by atoms with Crippen molar-refractivity contribution < 1.29 is 9.53 Å². The predicted octanol–water partition coefficient (Wildman–Crippen LogP) is 3.56. The van der Waals surface area contributed by atoms with Crippen molar-refractivity contribution in [2.45, 2.75) is 51.2 Å². The van der Waals surface area contributed by atoms with Crippen LogP contribution >= 0.6 is 11.8 Å². The van der Waals surface area contributed by atoms with Gasteiger partial charge >= 0.3 is 5.97 Å². The van der Waals surface area contributed by atoms with Crippen LogP contribution in [0, 0.1) is 0 Å². The third-order valence-electron chi connectivity index (χ3n) is 3.34. The molecule has 0 spiro atoms. The van der Waals surface area contributed by atoms with E-state index in [1.54, 1.807) is 6.20 Å². The standard InChI is InChI=1S/C15H22N2O2S/c1-3-7-12-11(15(18)19-4-2)10-16-14(17-12)13-8-5-6-9-20-13/h10,13H,3-9H2,1-2H3. The molecule has 5 heteroatoms. The molecule has 20 heavy (non-hydrogen) atoms. The van der Waals surface area contributed by atoms with Gasteiger partial charge in [-0.25, -0.2) is 14.8 Å². The third-order valence-corrected chi connectivity index (χ3v) is 4.71. The second-order valence-corrected chi connectivity index (χ2v) is 6.22. The maximum absolute atomic E-state index is 11.9. The highest BCUT2D eigenvalue weighted by atomic mass is 32.2. The van der Waals surface area contributed by atoms with Gasteiger partial charge in [-0.15, -0.1) is 0 Å². The van der Waals surface area contributed by atoms with Gasteiger partial charge in [-0.05, 0) is 31.9 Å². The van der Waals surface area contributed by atoms with Gasteiger partial charge < -0.3 is 4.74 Å². The Morgan fingerprint density at radius 2 is 2.30 bits per heavy atom. The lowest BCUT2D eigenvalue weighted by Gasteiger charge is -2.20. The molecule has 1 unspecified atom stereocenters. The molecule has 0 aromatic carbocycles. The Bertz CT molecular complexity index is 459. The fraction of sp³-hybridized carbons (Fsp3) is 0.667. The summed E-state index contributed by atoms with van der Waals surface area (Å²) in [6, 6.07) is 0. The van der Waals surface area contributed by atoms with Crippen molar-refractivity contribution in [1.82, 2.24) is 9.97 Å². The van der Waals surface area contributed by atoms with E-state index in [1.807, 2.05) is 18.7 Å². The van der Waals surface area contributed by atoms with Gasteiger partial charge in [0.25, 0.3) is 0 Å². The lowest BCUT2D eigenvalue weighted by molar-refractivity contribution is 0.0524. The van der Waals surface area contributed by atoms with Crippen LogP contribution in [-0.2, 0) is 11.2 Å². The molecule has 1 aliphatic rings. The Morgan fingerprint density at radius 1 is 1.45 bits per heavy atom. The largest absolute Gasteiger partial charge is 0.462 e. The molecule has 110 valence electrons. The first kappa shape index (κ1) is 15.3. The second-order valence-electron chi connectivity index (χ2n) is 4.91. The maximum atomic E-state index is 11.9. The average Bonchev–Trinajstić information content (AvgIpc) is 2.48. The summed E-state index contributed by atoms with van der Waals surface area (Å²) in [5.41, 5.74) is 1.36. The number of thioether (sulfide) groups is 1.